The lowest BCUT2D eigenvalue weighted by Gasteiger charge is -2.17. The summed E-state index contributed by atoms with van der Waals surface area (Å²) in [6, 6.07) is 1.86. The number of hydrogen-bond donors (Lipinski definition) is 2. The highest BCUT2D eigenvalue weighted by molar-refractivity contribution is 7.80. The van der Waals surface area contributed by atoms with Crippen LogP contribution in [0.15, 0.2) is 12.1 Å². The number of nitrogens with one attached hydrogen (secondary N) is 1. The summed E-state index contributed by atoms with van der Waals surface area (Å²) in [5, 5.41) is 2.52. The maximum atomic E-state index is 13.8. The minimum Gasteiger partial charge on any atom is -0.392 e. The van der Waals surface area contributed by atoms with Crippen LogP contribution in [0.25, 0.3) is 0 Å². The normalized spacial score (nSPS) is 15.9. The van der Waals surface area contributed by atoms with Gasteiger partial charge in [-0.15, -0.1) is 0 Å². The number of halogens is 2. The molecule has 19 heavy (non-hydrogen) atoms. The molecule has 1 atom stereocenters. The highest BCUT2D eigenvalue weighted by atomic mass is 32.1. The predicted octanol–water partition coefficient (Wildman–Crippen LogP) is 2.07. The molecule has 1 aromatic rings. The Hall–Kier alpha value is -1.56. The Morgan fingerprint density at radius 2 is 2.11 bits per heavy atom. The Morgan fingerprint density at radius 1 is 1.47 bits per heavy atom. The Balaban J connectivity index is 2.24. The lowest BCUT2D eigenvalue weighted by Crippen LogP contribution is -2.45. The first-order valence-electron chi connectivity index (χ1n) is 5.96. The van der Waals surface area contributed by atoms with Crippen molar-refractivity contribution < 1.29 is 13.6 Å². The molecule has 1 aromatic carbocycles. The van der Waals surface area contributed by atoms with Gasteiger partial charge in [0.05, 0.1) is 11.0 Å². The molecule has 0 spiro atoms. The third kappa shape index (κ3) is 2.89. The number of nitrogens with two attached hydrogens (primary N) is 1. The van der Waals surface area contributed by atoms with E-state index in [2.05, 4.69) is 5.32 Å². The number of carbonyl (C=O) groups excluding carboxylic acids is 1. The maximum absolute atomic E-state index is 13.8. The summed E-state index contributed by atoms with van der Waals surface area (Å²) in [5.74, 6) is -2.38. The summed E-state index contributed by atoms with van der Waals surface area (Å²) >= 11 is 4.87. The topological polar surface area (TPSA) is 55.1 Å². The molecule has 1 aliphatic carbocycles. The fourth-order valence-electron chi connectivity index (χ4n) is 1.93. The van der Waals surface area contributed by atoms with E-state index in [4.69, 9.17) is 18.0 Å². The van der Waals surface area contributed by atoms with Crippen LogP contribution in [0.5, 0.6) is 0 Å². The van der Waals surface area contributed by atoms with Gasteiger partial charge in [0.1, 0.15) is 17.2 Å². The lowest BCUT2D eigenvalue weighted by atomic mass is 10.1. The van der Waals surface area contributed by atoms with Gasteiger partial charge in [-0.3, -0.25) is 4.79 Å². The second-order valence-corrected chi connectivity index (χ2v) is 5.22. The van der Waals surface area contributed by atoms with E-state index in [1.54, 1.807) is 0 Å². The molecule has 0 heterocycles. The highest BCUT2D eigenvalue weighted by Crippen LogP contribution is 2.33. The first kappa shape index (κ1) is 13.9. The number of thiocarbonyl (C=S) groups is 1. The average Bonchev–Trinajstić information content (AvgIpc) is 3.15. The van der Waals surface area contributed by atoms with Crippen LogP contribution in [-0.4, -0.2) is 16.9 Å². The molecule has 0 aliphatic heterocycles. The molecule has 3 N–H and O–H groups in total. The van der Waals surface area contributed by atoms with Gasteiger partial charge in [-0.05, 0) is 37.3 Å². The number of carbonyl (C=O) groups is 1. The number of amides is 1. The van der Waals surface area contributed by atoms with Crippen LogP contribution in [-0.2, 0) is 0 Å². The van der Waals surface area contributed by atoms with Gasteiger partial charge in [-0.25, -0.2) is 8.78 Å². The van der Waals surface area contributed by atoms with Crippen molar-refractivity contribution in [3.8, 4) is 0 Å². The Labute approximate surface area is 115 Å². The molecule has 0 bridgehead atoms. The number of hydrogen-bond acceptors (Lipinski definition) is 2. The summed E-state index contributed by atoms with van der Waals surface area (Å²) in [6.07, 6.45) is 1.81. The van der Waals surface area contributed by atoms with Crippen molar-refractivity contribution in [2.45, 2.75) is 25.8 Å². The van der Waals surface area contributed by atoms with Crippen molar-refractivity contribution in [1.29, 1.82) is 0 Å². The van der Waals surface area contributed by atoms with Crippen LogP contribution >= 0.6 is 12.2 Å². The number of benzene rings is 1. The van der Waals surface area contributed by atoms with Gasteiger partial charge in [0, 0.05) is 0 Å². The third-order valence-corrected chi connectivity index (χ3v) is 3.45. The zero-order valence-electron chi connectivity index (χ0n) is 10.4. The summed E-state index contributed by atoms with van der Waals surface area (Å²) in [6.45, 7) is 1.47. The zero-order chi connectivity index (χ0) is 14.2. The van der Waals surface area contributed by atoms with E-state index in [1.165, 1.54) is 13.0 Å². The van der Waals surface area contributed by atoms with Gasteiger partial charge in [0.2, 0.25) is 0 Å². The monoisotopic (exact) mass is 284 g/mol. The highest BCUT2D eigenvalue weighted by Gasteiger charge is 2.35. The molecule has 1 amide bonds. The second-order valence-electron chi connectivity index (χ2n) is 4.74. The third-order valence-electron chi connectivity index (χ3n) is 3.20. The van der Waals surface area contributed by atoms with E-state index in [-0.39, 0.29) is 16.5 Å². The standard InChI is InChI=1S/C13H14F2N2OS/c1-6-2-5-8(14)9(10(6)15)13(18)17-11(12(16)19)7-3-4-7/h2,5,7,11H,3-4H2,1H3,(H2,16,19)(H,17,18). The lowest BCUT2D eigenvalue weighted by molar-refractivity contribution is 0.0935. The largest absolute Gasteiger partial charge is 0.392 e. The molecule has 1 aliphatic rings. The van der Waals surface area contributed by atoms with Gasteiger partial charge in [-0.1, -0.05) is 18.3 Å². The van der Waals surface area contributed by atoms with E-state index in [1.807, 2.05) is 0 Å². The molecule has 6 heteroatoms. The SMILES string of the molecule is Cc1ccc(F)c(C(=O)NC(C(N)=S)C2CC2)c1F. The fraction of sp³-hybridized carbons (Fsp3) is 0.385. The van der Waals surface area contributed by atoms with E-state index < -0.39 is 29.1 Å². The van der Waals surface area contributed by atoms with Gasteiger partial charge >= 0.3 is 0 Å². The van der Waals surface area contributed by atoms with Crippen molar-refractivity contribution in [2.75, 3.05) is 0 Å². The predicted molar refractivity (Wildman–Crippen MR) is 71.9 cm³/mol. The van der Waals surface area contributed by atoms with Crippen LogP contribution in [0, 0.1) is 24.5 Å². The second kappa shape index (κ2) is 5.21. The van der Waals surface area contributed by atoms with Crippen LogP contribution < -0.4 is 11.1 Å². The van der Waals surface area contributed by atoms with Crippen LogP contribution in [0.2, 0.25) is 0 Å². The molecule has 1 saturated carbocycles. The van der Waals surface area contributed by atoms with Crippen molar-refractivity contribution in [3.05, 3.63) is 34.9 Å². The summed E-state index contributed by atoms with van der Waals surface area (Å²) in [4.78, 5) is 12.1. The first-order valence-corrected chi connectivity index (χ1v) is 6.37. The Bertz CT molecular complexity index is 544. The molecule has 2 rings (SSSR count). The molecular formula is C13H14F2N2OS. The van der Waals surface area contributed by atoms with Crippen molar-refractivity contribution in [2.24, 2.45) is 11.7 Å². The number of aryl methyl sites for hydroxylation is 1. The summed E-state index contributed by atoms with van der Waals surface area (Å²) < 4.78 is 27.4. The van der Waals surface area contributed by atoms with Gasteiger partial charge in [0.15, 0.2) is 0 Å². The molecule has 0 radical (unpaired) electrons. The molecule has 1 fully saturated rings. The quantitative estimate of drug-likeness (QED) is 0.832. The summed E-state index contributed by atoms with van der Waals surface area (Å²) in [7, 11) is 0. The van der Waals surface area contributed by atoms with Gasteiger partial charge in [-0.2, -0.15) is 0 Å². The molecule has 0 saturated heterocycles. The van der Waals surface area contributed by atoms with E-state index in [9.17, 15) is 13.6 Å². The van der Waals surface area contributed by atoms with Crippen LogP contribution in [0.1, 0.15) is 28.8 Å². The average molecular weight is 284 g/mol. The van der Waals surface area contributed by atoms with Crippen molar-refractivity contribution in [3.63, 3.8) is 0 Å². The molecular weight excluding hydrogens is 270 g/mol. The number of rotatable bonds is 4. The van der Waals surface area contributed by atoms with E-state index >= 15 is 0 Å². The summed E-state index contributed by atoms with van der Waals surface area (Å²) in [5.41, 5.74) is 5.17. The fourth-order valence-corrected chi connectivity index (χ4v) is 2.18. The van der Waals surface area contributed by atoms with Crippen molar-refractivity contribution in [1.82, 2.24) is 5.32 Å². The van der Waals surface area contributed by atoms with Crippen LogP contribution in [0.4, 0.5) is 8.78 Å². The smallest absolute Gasteiger partial charge is 0.257 e. The molecule has 0 aromatic heterocycles. The molecule has 102 valence electrons. The van der Waals surface area contributed by atoms with E-state index in [0.29, 0.717) is 0 Å². The Kier molecular flexibility index (Phi) is 3.80. The zero-order valence-corrected chi connectivity index (χ0v) is 11.2. The maximum Gasteiger partial charge on any atom is 0.257 e. The van der Waals surface area contributed by atoms with Gasteiger partial charge in [0.25, 0.3) is 5.91 Å². The minimum absolute atomic E-state index is 0.143. The Morgan fingerprint density at radius 3 is 2.63 bits per heavy atom. The van der Waals surface area contributed by atoms with Crippen LogP contribution in [0.3, 0.4) is 0 Å². The molecule has 3 nitrogen and oxygen atoms in total. The first-order chi connectivity index (χ1) is 8.91. The molecule has 1 unspecified atom stereocenters. The van der Waals surface area contributed by atoms with Gasteiger partial charge < -0.3 is 11.1 Å². The minimum atomic E-state index is -0.891. The van der Waals surface area contributed by atoms with Crippen molar-refractivity contribution >= 4 is 23.1 Å². The van der Waals surface area contributed by atoms with E-state index in [0.717, 1.165) is 18.9 Å².